The fourth-order valence-corrected chi connectivity index (χ4v) is 2.80. The molecule has 2 N–H and O–H groups in total. The van der Waals surface area contributed by atoms with Crippen LogP contribution in [0.4, 0.5) is 0 Å². The van der Waals surface area contributed by atoms with E-state index in [1.54, 1.807) is 42.5 Å². The number of hydrogen-bond donors (Lipinski definition) is 2. The summed E-state index contributed by atoms with van der Waals surface area (Å²) in [6.07, 6.45) is 7.47. The average molecular weight is 365 g/mol. The van der Waals surface area contributed by atoms with Gasteiger partial charge in [-0.15, -0.1) is 0 Å². The van der Waals surface area contributed by atoms with Crippen LogP contribution in [-0.2, 0) is 24.9 Å². The summed E-state index contributed by atoms with van der Waals surface area (Å²) >= 11 is 0. The van der Waals surface area contributed by atoms with Gasteiger partial charge in [-0.25, -0.2) is 4.98 Å². The number of aromatic nitrogens is 3. The number of imidazole rings is 1. The van der Waals surface area contributed by atoms with Crippen molar-refractivity contribution in [2.75, 3.05) is 0 Å². The highest BCUT2D eigenvalue weighted by Gasteiger charge is 2.22. The maximum Gasteiger partial charge on any atom is 0.268 e. The van der Waals surface area contributed by atoms with Crippen molar-refractivity contribution in [3.63, 3.8) is 0 Å². The lowest BCUT2D eigenvalue weighted by atomic mass is 10.1. The van der Waals surface area contributed by atoms with Crippen LogP contribution < -0.4 is 10.6 Å². The highest BCUT2D eigenvalue weighted by molar-refractivity contribution is 5.96. The van der Waals surface area contributed by atoms with Crippen LogP contribution in [0.15, 0.2) is 67.4 Å². The molecule has 0 aliphatic carbocycles. The van der Waals surface area contributed by atoms with Gasteiger partial charge in [-0.05, 0) is 24.1 Å². The van der Waals surface area contributed by atoms with Crippen molar-refractivity contribution >= 4 is 11.8 Å². The molecule has 2 heterocycles. The Morgan fingerprint density at radius 3 is 2.59 bits per heavy atom. The first-order chi connectivity index (χ1) is 13.1. The summed E-state index contributed by atoms with van der Waals surface area (Å²) in [5.74, 6) is -0.477. The van der Waals surface area contributed by atoms with E-state index in [-0.39, 0.29) is 11.8 Å². The lowest BCUT2D eigenvalue weighted by molar-refractivity contribution is -0.123. The molecule has 140 valence electrons. The maximum atomic E-state index is 12.7. The van der Waals surface area contributed by atoms with Crippen molar-refractivity contribution in [2.45, 2.75) is 25.6 Å². The number of carbonyl (C=O) groups is 2. The van der Waals surface area contributed by atoms with E-state index in [1.165, 1.54) is 0 Å². The molecule has 0 fully saturated rings. The van der Waals surface area contributed by atoms with Crippen LogP contribution in [0.25, 0.3) is 0 Å². The first kappa shape index (κ1) is 18.4. The zero-order chi connectivity index (χ0) is 19.1. The van der Waals surface area contributed by atoms with Gasteiger partial charge < -0.3 is 19.8 Å². The molecule has 0 saturated carbocycles. The smallest absolute Gasteiger partial charge is 0.268 e. The molecule has 0 aliphatic heterocycles. The third kappa shape index (κ3) is 5.07. The summed E-state index contributed by atoms with van der Waals surface area (Å²) in [6, 6.07) is 12.6. The van der Waals surface area contributed by atoms with Gasteiger partial charge in [0.1, 0.15) is 11.7 Å². The third-order valence-corrected chi connectivity index (χ3v) is 4.34. The van der Waals surface area contributed by atoms with Crippen molar-refractivity contribution in [3.05, 3.63) is 78.6 Å². The van der Waals surface area contributed by atoms with Gasteiger partial charge in [-0.3, -0.25) is 9.59 Å². The largest absolute Gasteiger partial charge is 0.350 e. The van der Waals surface area contributed by atoms with E-state index in [4.69, 9.17) is 0 Å². The van der Waals surface area contributed by atoms with Crippen LogP contribution in [0.2, 0.25) is 0 Å². The van der Waals surface area contributed by atoms with Crippen molar-refractivity contribution < 1.29 is 9.59 Å². The van der Waals surface area contributed by atoms with Crippen molar-refractivity contribution in [1.82, 2.24) is 24.8 Å². The zero-order valence-electron chi connectivity index (χ0n) is 15.2. The number of carbonyl (C=O) groups excluding carboxylic acids is 2. The normalized spacial score (nSPS) is 11.7. The van der Waals surface area contributed by atoms with Crippen LogP contribution in [-0.4, -0.2) is 32.0 Å². The molecule has 1 unspecified atom stereocenters. The summed E-state index contributed by atoms with van der Waals surface area (Å²) in [5.41, 5.74) is 1.52. The fraction of sp³-hybridized carbons (Fsp3) is 0.250. The second kappa shape index (κ2) is 8.84. The number of rotatable bonds is 8. The van der Waals surface area contributed by atoms with Crippen LogP contribution in [0.5, 0.6) is 0 Å². The quantitative estimate of drug-likeness (QED) is 0.638. The van der Waals surface area contributed by atoms with E-state index < -0.39 is 6.04 Å². The van der Waals surface area contributed by atoms with E-state index >= 15 is 0 Å². The first-order valence-corrected chi connectivity index (χ1v) is 8.83. The Hall–Kier alpha value is -3.35. The third-order valence-electron chi connectivity index (χ3n) is 4.34. The van der Waals surface area contributed by atoms with Gasteiger partial charge in [0.05, 0.1) is 6.33 Å². The van der Waals surface area contributed by atoms with E-state index in [0.717, 1.165) is 5.56 Å². The highest BCUT2D eigenvalue weighted by atomic mass is 16.2. The van der Waals surface area contributed by atoms with E-state index in [0.29, 0.717) is 25.2 Å². The summed E-state index contributed by atoms with van der Waals surface area (Å²) in [4.78, 5) is 29.3. The minimum absolute atomic E-state index is 0.207. The monoisotopic (exact) mass is 365 g/mol. The van der Waals surface area contributed by atoms with Gasteiger partial charge in [0.25, 0.3) is 5.91 Å². The summed E-state index contributed by atoms with van der Waals surface area (Å²) in [5, 5.41) is 5.76. The molecule has 27 heavy (non-hydrogen) atoms. The first-order valence-electron chi connectivity index (χ1n) is 8.83. The van der Waals surface area contributed by atoms with E-state index in [2.05, 4.69) is 15.6 Å². The molecular formula is C20H23N5O2. The maximum absolute atomic E-state index is 12.7. The standard InChI is InChI=1S/C20H23N5O2/c1-24-11-5-8-18(24)20(27)23-17(9-12-25-13-10-21-15-25)19(26)22-14-16-6-3-2-4-7-16/h2-8,10-11,13,15,17H,9,12,14H2,1H3,(H,22,26)(H,23,27). The molecule has 2 amide bonds. The summed E-state index contributed by atoms with van der Waals surface area (Å²) < 4.78 is 3.61. The SMILES string of the molecule is Cn1cccc1C(=O)NC(CCn1ccnc1)C(=O)NCc1ccccc1. The topological polar surface area (TPSA) is 81.0 Å². The number of benzene rings is 1. The molecule has 0 radical (unpaired) electrons. The fourth-order valence-electron chi connectivity index (χ4n) is 2.80. The van der Waals surface area contributed by atoms with E-state index in [9.17, 15) is 9.59 Å². The Morgan fingerprint density at radius 1 is 1.11 bits per heavy atom. The zero-order valence-corrected chi connectivity index (χ0v) is 15.2. The lowest BCUT2D eigenvalue weighted by Crippen LogP contribution is -2.47. The van der Waals surface area contributed by atoms with E-state index in [1.807, 2.05) is 41.1 Å². The second-order valence-corrected chi connectivity index (χ2v) is 6.32. The Balaban J connectivity index is 1.65. The second-order valence-electron chi connectivity index (χ2n) is 6.32. The van der Waals surface area contributed by atoms with Gasteiger partial charge >= 0.3 is 0 Å². The molecule has 7 nitrogen and oxygen atoms in total. The lowest BCUT2D eigenvalue weighted by Gasteiger charge is -2.19. The van der Waals surface area contributed by atoms with Gasteiger partial charge in [0.2, 0.25) is 5.91 Å². The summed E-state index contributed by atoms with van der Waals surface area (Å²) in [7, 11) is 1.80. The molecule has 0 saturated heterocycles. The molecule has 1 atom stereocenters. The molecule has 1 aromatic carbocycles. The Morgan fingerprint density at radius 2 is 1.93 bits per heavy atom. The molecule has 3 rings (SSSR count). The van der Waals surface area contributed by atoms with Crippen LogP contribution in [0.3, 0.4) is 0 Å². The Labute approximate surface area is 158 Å². The predicted molar refractivity (Wildman–Crippen MR) is 102 cm³/mol. The Kier molecular flexibility index (Phi) is 6.04. The minimum atomic E-state index is -0.640. The minimum Gasteiger partial charge on any atom is -0.350 e. The van der Waals surface area contributed by atoms with Crippen molar-refractivity contribution in [1.29, 1.82) is 0 Å². The molecule has 2 aromatic heterocycles. The number of amides is 2. The predicted octanol–water partition coefficient (Wildman–Crippen LogP) is 1.73. The average Bonchev–Trinajstić information content (AvgIpc) is 3.35. The number of aryl methyl sites for hydroxylation is 2. The molecule has 3 aromatic rings. The van der Waals surface area contributed by atoms with Gasteiger partial charge in [-0.2, -0.15) is 0 Å². The number of nitrogens with one attached hydrogen (secondary N) is 2. The van der Waals surface area contributed by atoms with Gasteiger partial charge in [-0.1, -0.05) is 30.3 Å². The van der Waals surface area contributed by atoms with Crippen LogP contribution >= 0.6 is 0 Å². The van der Waals surface area contributed by atoms with Crippen LogP contribution in [0.1, 0.15) is 22.5 Å². The molecule has 0 bridgehead atoms. The molecule has 7 heteroatoms. The van der Waals surface area contributed by atoms with Crippen LogP contribution in [0, 0.1) is 0 Å². The van der Waals surface area contributed by atoms with Crippen molar-refractivity contribution in [2.24, 2.45) is 7.05 Å². The van der Waals surface area contributed by atoms with Crippen molar-refractivity contribution in [3.8, 4) is 0 Å². The molecular weight excluding hydrogens is 342 g/mol. The summed E-state index contributed by atoms with van der Waals surface area (Å²) in [6.45, 7) is 0.998. The number of hydrogen-bond acceptors (Lipinski definition) is 3. The number of nitrogens with zero attached hydrogens (tertiary/aromatic N) is 3. The molecule has 0 aliphatic rings. The Bertz CT molecular complexity index is 871. The molecule has 0 spiro atoms. The van der Waals surface area contributed by atoms with Gasteiger partial charge in [0.15, 0.2) is 0 Å². The highest BCUT2D eigenvalue weighted by Crippen LogP contribution is 2.04. The van der Waals surface area contributed by atoms with Gasteiger partial charge in [0, 0.05) is 38.7 Å².